The predicted octanol–water partition coefficient (Wildman–Crippen LogP) is 3.45. The van der Waals surface area contributed by atoms with Gasteiger partial charge < -0.3 is 19.2 Å². The molecule has 0 aliphatic carbocycles. The molecule has 0 saturated heterocycles. The first-order chi connectivity index (χ1) is 13.2. The van der Waals surface area contributed by atoms with Crippen molar-refractivity contribution in [2.75, 3.05) is 13.2 Å². The number of rotatable bonds is 8. The number of aryl methyl sites for hydroxylation is 2. The van der Waals surface area contributed by atoms with E-state index in [9.17, 15) is 23.2 Å². The molecule has 0 aliphatic rings. The lowest BCUT2D eigenvalue weighted by Crippen LogP contribution is -2.18. The van der Waals surface area contributed by atoms with Crippen molar-refractivity contribution in [3.05, 3.63) is 52.3 Å². The molecule has 2 rings (SSSR count). The summed E-state index contributed by atoms with van der Waals surface area (Å²) in [5.74, 6) is -2.15. The van der Waals surface area contributed by atoms with Gasteiger partial charge in [-0.3, -0.25) is 4.79 Å². The van der Waals surface area contributed by atoms with Crippen LogP contribution in [-0.2, 0) is 9.47 Å². The Balaban J connectivity index is 2.08. The van der Waals surface area contributed by atoms with Crippen LogP contribution in [-0.4, -0.2) is 42.5 Å². The number of Topliss-reactive ketones (excluding diaryl/α,β-unsaturated/α-hetero) is 1. The fourth-order valence-electron chi connectivity index (χ4n) is 2.65. The number of carbonyl (C=O) groups is 3. The highest BCUT2D eigenvalue weighted by Crippen LogP contribution is 2.21. The monoisotopic (exact) mass is 395 g/mol. The third-order valence-electron chi connectivity index (χ3n) is 3.78. The standard InChI is InChI=1S/C19H19F2NO6/c1-4-26-18(25)16-11(3)22-10(2)15(16)14(23)9-27-17(24)12-5-7-13(8-6-12)28-19(20)21/h5-8,19,22H,4,9H2,1-3H3. The maximum Gasteiger partial charge on any atom is 0.387 e. The van der Waals surface area contributed by atoms with E-state index in [2.05, 4.69) is 9.72 Å². The lowest BCUT2D eigenvalue weighted by Gasteiger charge is -2.08. The van der Waals surface area contributed by atoms with Gasteiger partial charge in [0.15, 0.2) is 6.61 Å². The summed E-state index contributed by atoms with van der Waals surface area (Å²) in [6.07, 6.45) is 0. The van der Waals surface area contributed by atoms with Gasteiger partial charge in [-0.05, 0) is 45.0 Å². The Morgan fingerprint density at radius 1 is 0.964 bits per heavy atom. The van der Waals surface area contributed by atoms with E-state index in [1.54, 1.807) is 20.8 Å². The highest BCUT2D eigenvalue weighted by atomic mass is 19.3. The number of nitrogens with one attached hydrogen (secondary N) is 1. The van der Waals surface area contributed by atoms with Gasteiger partial charge in [0.05, 0.1) is 23.3 Å². The predicted molar refractivity (Wildman–Crippen MR) is 93.9 cm³/mol. The zero-order chi connectivity index (χ0) is 20.8. The van der Waals surface area contributed by atoms with Crippen molar-refractivity contribution in [3.8, 4) is 5.75 Å². The molecule has 1 aromatic carbocycles. The van der Waals surface area contributed by atoms with Gasteiger partial charge in [-0.2, -0.15) is 8.78 Å². The van der Waals surface area contributed by atoms with Gasteiger partial charge in [-0.25, -0.2) is 9.59 Å². The molecule has 150 valence electrons. The molecule has 2 aromatic rings. The fraction of sp³-hybridized carbons (Fsp3) is 0.316. The van der Waals surface area contributed by atoms with E-state index in [0.29, 0.717) is 11.4 Å². The number of hydrogen-bond acceptors (Lipinski definition) is 6. The summed E-state index contributed by atoms with van der Waals surface area (Å²) in [6.45, 7) is 1.47. The molecule has 0 spiro atoms. The second kappa shape index (κ2) is 9.12. The van der Waals surface area contributed by atoms with E-state index in [-0.39, 0.29) is 29.0 Å². The summed E-state index contributed by atoms with van der Waals surface area (Å²) in [5.41, 5.74) is 1.19. The number of ketones is 1. The summed E-state index contributed by atoms with van der Waals surface area (Å²) < 4.78 is 38.4. The van der Waals surface area contributed by atoms with Crippen LogP contribution in [0.2, 0.25) is 0 Å². The van der Waals surface area contributed by atoms with Crippen molar-refractivity contribution in [2.45, 2.75) is 27.4 Å². The Morgan fingerprint density at radius 2 is 1.57 bits per heavy atom. The minimum Gasteiger partial charge on any atom is -0.462 e. The molecule has 0 aliphatic heterocycles. The molecule has 0 unspecified atom stereocenters. The van der Waals surface area contributed by atoms with Crippen molar-refractivity contribution < 1.29 is 37.4 Å². The van der Waals surface area contributed by atoms with Gasteiger partial charge >= 0.3 is 18.6 Å². The third-order valence-corrected chi connectivity index (χ3v) is 3.78. The molecule has 0 bridgehead atoms. The quantitative estimate of drug-likeness (QED) is 0.543. The van der Waals surface area contributed by atoms with Crippen LogP contribution in [0.3, 0.4) is 0 Å². The van der Waals surface area contributed by atoms with Crippen LogP contribution >= 0.6 is 0 Å². The first-order valence-electron chi connectivity index (χ1n) is 8.36. The van der Waals surface area contributed by atoms with Crippen LogP contribution in [0.25, 0.3) is 0 Å². The number of H-pyrrole nitrogens is 1. The molecule has 1 aromatic heterocycles. The topological polar surface area (TPSA) is 94.7 Å². The second-order valence-corrected chi connectivity index (χ2v) is 5.75. The number of alkyl halides is 2. The van der Waals surface area contributed by atoms with Crippen LogP contribution in [0, 0.1) is 13.8 Å². The Kier molecular flexibility index (Phi) is 6.86. The summed E-state index contributed by atoms with van der Waals surface area (Å²) in [6, 6.07) is 4.84. The Bertz CT molecular complexity index is 873. The number of aromatic nitrogens is 1. The first-order valence-corrected chi connectivity index (χ1v) is 8.36. The maximum atomic E-state index is 12.5. The molecule has 9 heteroatoms. The van der Waals surface area contributed by atoms with Crippen molar-refractivity contribution in [2.24, 2.45) is 0 Å². The number of aromatic amines is 1. The second-order valence-electron chi connectivity index (χ2n) is 5.75. The number of halogens is 2. The zero-order valence-electron chi connectivity index (χ0n) is 15.5. The van der Waals surface area contributed by atoms with Crippen molar-refractivity contribution in [1.82, 2.24) is 4.98 Å². The van der Waals surface area contributed by atoms with E-state index < -0.39 is 30.9 Å². The maximum absolute atomic E-state index is 12.5. The van der Waals surface area contributed by atoms with Gasteiger partial charge in [0.1, 0.15) is 5.75 Å². The number of esters is 2. The molecule has 0 fully saturated rings. The summed E-state index contributed by atoms with van der Waals surface area (Å²) in [5, 5.41) is 0. The zero-order valence-corrected chi connectivity index (χ0v) is 15.5. The van der Waals surface area contributed by atoms with Crippen LogP contribution in [0.4, 0.5) is 8.78 Å². The number of ether oxygens (including phenoxy) is 3. The summed E-state index contributed by atoms with van der Waals surface area (Å²) in [7, 11) is 0. The lowest BCUT2D eigenvalue weighted by atomic mass is 10.1. The Hall–Kier alpha value is -3.23. The molecule has 1 N–H and O–H groups in total. The molecule has 1 heterocycles. The van der Waals surface area contributed by atoms with Crippen LogP contribution < -0.4 is 4.74 Å². The minimum atomic E-state index is -2.97. The van der Waals surface area contributed by atoms with E-state index in [1.165, 1.54) is 24.3 Å². The number of benzene rings is 1. The van der Waals surface area contributed by atoms with Gasteiger partial charge in [0, 0.05) is 11.4 Å². The Morgan fingerprint density at radius 3 is 2.14 bits per heavy atom. The van der Waals surface area contributed by atoms with Crippen LogP contribution in [0.1, 0.15) is 49.4 Å². The highest BCUT2D eigenvalue weighted by molar-refractivity contribution is 6.09. The van der Waals surface area contributed by atoms with Gasteiger partial charge in [0.25, 0.3) is 0 Å². The van der Waals surface area contributed by atoms with E-state index in [0.717, 1.165) is 0 Å². The molecule has 0 atom stereocenters. The van der Waals surface area contributed by atoms with Crippen molar-refractivity contribution in [3.63, 3.8) is 0 Å². The molecular weight excluding hydrogens is 376 g/mol. The normalized spacial score (nSPS) is 10.6. The van der Waals surface area contributed by atoms with E-state index in [1.807, 2.05) is 0 Å². The minimum absolute atomic E-state index is 0.0574. The number of hydrogen-bond donors (Lipinski definition) is 1. The molecule has 0 radical (unpaired) electrons. The highest BCUT2D eigenvalue weighted by Gasteiger charge is 2.26. The largest absolute Gasteiger partial charge is 0.462 e. The van der Waals surface area contributed by atoms with Crippen LogP contribution in [0.5, 0.6) is 5.75 Å². The van der Waals surface area contributed by atoms with Crippen molar-refractivity contribution in [1.29, 1.82) is 0 Å². The molecule has 7 nitrogen and oxygen atoms in total. The first kappa shape index (κ1) is 21.1. The Labute approximate surface area is 159 Å². The molecule has 28 heavy (non-hydrogen) atoms. The van der Waals surface area contributed by atoms with Gasteiger partial charge in [-0.1, -0.05) is 0 Å². The molecule has 0 amide bonds. The average molecular weight is 395 g/mol. The number of carbonyl (C=O) groups excluding carboxylic acids is 3. The van der Waals surface area contributed by atoms with Crippen LogP contribution in [0.15, 0.2) is 24.3 Å². The molecular formula is C19H19F2NO6. The smallest absolute Gasteiger partial charge is 0.387 e. The average Bonchev–Trinajstić information content (AvgIpc) is 2.93. The summed E-state index contributed by atoms with van der Waals surface area (Å²) in [4.78, 5) is 39.6. The SMILES string of the molecule is CCOC(=O)c1c(C)[nH]c(C)c1C(=O)COC(=O)c1ccc(OC(F)F)cc1. The van der Waals surface area contributed by atoms with Gasteiger partial charge in [0.2, 0.25) is 5.78 Å². The van der Waals surface area contributed by atoms with Gasteiger partial charge in [-0.15, -0.1) is 0 Å². The lowest BCUT2D eigenvalue weighted by molar-refractivity contribution is -0.0498. The van der Waals surface area contributed by atoms with E-state index in [4.69, 9.17) is 9.47 Å². The van der Waals surface area contributed by atoms with Crippen molar-refractivity contribution >= 4 is 17.7 Å². The molecule has 0 saturated carbocycles. The van der Waals surface area contributed by atoms with E-state index >= 15 is 0 Å². The fourth-order valence-corrected chi connectivity index (χ4v) is 2.65. The third kappa shape index (κ3) is 4.93. The summed E-state index contributed by atoms with van der Waals surface area (Å²) >= 11 is 0.